The molecule has 0 aliphatic carbocycles. The molecular formula is C19H23FN6O2. The highest BCUT2D eigenvalue weighted by molar-refractivity contribution is 5.66. The largest absolute Gasteiger partial charge is 0.465 e. The van der Waals surface area contributed by atoms with Gasteiger partial charge in [-0.25, -0.2) is 14.2 Å². The molecule has 148 valence electrons. The van der Waals surface area contributed by atoms with Gasteiger partial charge < -0.3 is 21.1 Å². The Morgan fingerprint density at radius 2 is 2.07 bits per heavy atom. The number of hydrogen-bond acceptors (Lipinski definition) is 6. The molecule has 0 fully saturated rings. The molecule has 0 bridgehead atoms. The van der Waals surface area contributed by atoms with E-state index in [2.05, 4.69) is 25.9 Å². The summed E-state index contributed by atoms with van der Waals surface area (Å²) in [5.74, 6) is -0.573. The van der Waals surface area contributed by atoms with E-state index in [9.17, 15) is 14.4 Å². The second-order valence-electron chi connectivity index (χ2n) is 6.48. The molecule has 8 nitrogen and oxygen atoms in total. The molecule has 0 radical (unpaired) electrons. The standard InChI is InChI=1S/C19H23FN6O2/c1-5-16(12(4)23-19(27)28)25-18-15(20)7-13(8-21)17(26-18)24-14-6-10(2)11(3)22-9-14/h6-7,9,12,16,23H,5H2,1-4H3,(H,27,28)(H2,24,25,26)/t12-,16+/m0/s1. The van der Waals surface area contributed by atoms with E-state index in [1.165, 1.54) is 0 Å². The van der Waals surface area contributed by atoms with Crippen molar-refractivity contribution in [1.82, 2.24) is 15.3 Å². The summed E-state index contributed by atoms with van der Waals surface area (Å²) in [6.07, 6.45) is 0.979. The van der Waals surface area contributed by atoms with E-state index in [0.29, 0.717) is 12.1 Å². The van der Waals surface area contributed by atoms with Crippen LogP contribution in [-0.2, 0) is 0 Å². The van der Waals surface area contributed by atoms with E-state index in [1.54, 1.807) is 13.1 Å². The lowest BCUT2D eigenvalue weighted by Crippen LogP contribution is -2.44. The van der Waals surface area contributed by atoms with Gasteiger partial charge in [-0.3, -0.25) is 4.98 Å². The number of nitrogens with zero attached hydrogens (tertiary/aromatic N) is 3. The van der Waals surface area contributed by atoms with E-state index in [1.807, 2.05) is 32.9 Å². The number of nitrogens with one attached hydrogen (secondary N) is 3. The van der Waals surface area contributed by atoms with Crippen LogP contribution < -0.4 is 16.0 Å². The van der Waals surface area contributed by atoms with Crippen LogP contribution in [-0.4, -0.2) is 33.3 Å². The number of rotatable bonds is 7. The van der Waals surface area contributed by atoms with Gasteiger partial charge in [0, 0.05) is 17.8 Å². The summed E-state index contributed by atoms with van der Waals surface area (Å²) < 4.78 is 14.4. The SMILES string of the molecule is CC[C@@H](Nc1nc(Nc2cnc(C)c(C)c2)c(C#N)cc1F)[C@H](C)NC(=O)O. The van der Waals surface area contributed by atoms with Gasteiger partial charge in [-0.05, 0) is 44.9 Å². The number of carboxylic acid groups (broad SMARTS) is 1. The fourth-order valence-electron chi connectivity index (χ4n) is 2.67. The molecule has 0 saturated carbocycles. The first-order valence-electron chi connectivity index (χ1n) is 8.82. The Hall–Kier alpha value is -3.41. The van der Waals surface area contributed by atoms with E-state index < -0.39 is 18.0 Å². The molecule has 0 unspecified atom stereocenters. The number of amides is 1. The Morgan fingerprint density at radius 3 is 2.64 bits per heavy atom. The van der Waals surface area contributed by atoms with Crippen molar-refractivity contribution in [3.05, 3.63) is 41.0 Å². The molecule has 2 aromatic heterocycles. The maximum Gasteiger partial charge on any atom is 0.404 e. The third-order valence-corrected chi connectivity index (χ3v) is 4.42. The van der Waals surface area contributed by atoms with E-state index in [0.717, 1.165) is 17.3 Å². The highest BCUT2D eigenvalue weighted by atomic mass is 19.1. The average molecular weight is 386 g/mol. The van der Waals surface area contributed by atoms with Gasteiger partial charge in [-0.2, -0.15) is 5.26 Å². The molecule has 0 aliphatic rings. The number of anilines is 3. The van der Waals surface area contributed by atoms with Gasteiger partial charge in [-0.1, -0.05) is 6.92 Å². The van der Waals surface area contributed by atoms with Crippen LogP contribution >= 0.6 is 0 Å². The maximum atomic E-state index is 14.4. The van der Waals surface area contributed by atoms with Gasteiger partial charge in [0.2, 0.25) is 0 Å². The van der Waals surface area contributed by atoms with Crippen LogP contribution in [0.15, 0.2) is 18.3 Å². The van der Waals surface area contributed by atoms with Crippen molar-refractivity contribution in [2.45, 2.75) is 46.2 Å². The zero-order valence-electron chi connectivity index (χ0n) is 16.2. The number of halogens is 1. The van der Waals surface area contributed by atoms with E-state index in [-0.39, 0.29) is 23.2 Å². The minimum atomic E-state index is -1.16. The smallest absolute Gasteiger partial charge is 0.404 e. The summed E-state index contributed by atoms with van der Waals surface area (Å²) in [5, 5.41) is 26.5. The number of nitriles is 1. The monoisotopic (exact) mass is 386 g/mol. The predicted octanol–water partition coefficient (Wildman–Crippen LogP) is 3.69. The van der Waals surface area contributed by atoms with Gasteiger partial charge in [0.15, 0.2) is 17.5 Å². The third kappa shape index (κ3) is 5.07. The van der Waals surface area contributed by atoms with Crippen LogP contribution in [0.5, 0.6) is 0 Å². The Labute approximate surface area is 162 Å². The van der Waals surface area contributed by atoms with Crippen molar-refractivity contribution < 1.29 is 14.3 Å². The van der Waals surface area contributed by atoms with E-state index >= 15 is 0 Å². The second-order valence-corrected chi connectivity index (χ2v) is 6.48. The lowest BCUT2D eigenvalue weighted by atomic mass is 10.1. The second kappa shape index (κ2) is 8.99. The molecule has 2 aromatic rings. The molecule has 0 saturated heterocycles. The molecule has 2 atom stereocenters. The molecule has 4 N–H and O–H groups in total. The van der Waals surface area contributed by atoms with Crippen LogP contribution in [0, 0.1) is 31.0 Å². The van der Waals surface area contributed by atoms with Crippen molar-refractivity contribution in [3.63, 3.8) is 0 Å². The normalized spacial score (nSPS) is 12.6. The molecule has 1 amide bonds. The van der Waals surface area contributed by atoms with Gasteiger partial charge in [0.25, 0.3) is 0 Å². The molecule has 0 aromatic carbocycles. The zero-order chi connectivity index (χ0) is 20.8. The highest BCUT2D eigenvalue weighted by Crippen LogP contribution is 2.25. The molecular weight excluding hydrogens is 363 g/mol. The number of aryl methyl sites for hydroxylation is 2. The van der Waals surface area contributed by atoms with Crippen molar-refractivity contribution in [1.29, 1.82) is 5.26 Å². The topological polar surface area (TPSA) is 123 Å². The first-order chi connectivity index (χ1) is 13.2. The number of hydrogen-bond donors (Lipinski definition) is 4. The highest BCUT2D eigenvalue weighted by Gasteiger charge is 2.20. The molecule has 28 heavy (non-hydrogen) atoms. The average Bonchev–Trinajstić information content (AvgIpc) is 2.63. The van der Waals surface area contributed by atoms with Crippen LogP contribution in [0.25, 0.3) is 0 Å². The Morgan fingerprint density at radius 1 is 1.36 bits per heavy atom. The molecule has 0 spiro atoms. The Kier molecular flexibility index (Phi) is 6.71. The maximum absolute atomic E-state index is 14.4. The fourth-order valence-corrected chi connectivity index (χ4v) is 2.67. The van der Waals surface area contributed by atoms with Gasteiger partial charge in [-0.15, -0.1) is 0 Å². The number of carbonyl (C=O) groups is 1. The summed E-state index contributed by atoms with van der Waals surface area (Å²) >= 11 is 0. The molecule has 9 heteroatoms. The fraction of sp³-hybridized carbons (Fsp3) is 0.368. The quantitative estimate of drug-likeness (QED) is 0.572. The Bertz CT molecular complexity index is 912. The summed E-state index contributed by atoms with van der Waals surface area (Å²) in [5.41, 5.74) is 2.51. The van der Waals surface area contributed by atoms with Crippen LogP contribution in [0.1, 0.15) is 37.1 Å². The summed E-state index contributed by atoms with van der Waals surface area (Å²) in [6, 6.07) is 4.01. The summed E-state index contributed by atoms with van der Waals surface area (Å²) in [6.45, 7) is 7.32. The molecule has 0 aliphatic heterocycles. The summed E-state index contributed by atoms with van der Waals surface area (Å²) in [7, 11) is 0. The Balaban J connectivity index is 2.33. The van der Waals surface area contributed by atoms with Crippen molar-refractivity contribution in [2.75, 3.05) is 10.6 Å². The van der Waals surface area contributed by atoms with E-state index in [4.69, 9.17) is 5.11 Å². The third-order valence-electron chi connectivity index (χ3n) is 4.42. The lowest BCUT2D eigenvalue weighted by Gasteiger charge is -2.25. The minimum absolute atomic E-state index is 0.0473. The molecule has 2 rings (SSSR count). The zero-order valence-corrected chi connectivity index (χ0v) is 16.2. The first kappa shape index (κ1) is 20.9. The van der Waals surface area contributed by atoms with Gasteiger partial charge >= 0.3 is 6.09 Å². The predicted molar refractivity (Wildman–Crippen MR) is 104 cm³/mol. The van der Waals surface area contributed by atoms with Gasteiger partial charge in [0.1, 0.15) is 6.07 Å². The molecule has 2 heterocycles. The van der Waals surface area contributed by atoms with Crippen LogP contribution in [0.3, 0.4) is 0 Å². The number of pyridine rings is 2. The number of aromatic nitrogens is 2. The van der Waals surface area contributed by atoms with Crippen LogP contribution in [0.2, 0.25) is 0 Å². The summed E-state index contributed by atoms with van der Waals surface area (Å²) in [4.78, 5) is 19.3. The lowest BCUT2D eigenvalue weighted by molar-refractivity contribution is 0.189. The van der Waals surface area contributed by atoms with Crippen molar-refractivity contribution >= 4 is 23.4 Å². The minimum Gasteiger partial charge on any atom is -0.465 e. The van der Waals surface area contributed by atoms with Gasteiger partial charge in [0.05, 0.1) is 17.4 Å². The van der Waals surface area contributed by atoms with Crippen LogP contribution in [0.4, 0.5) is 26.5 Å². The van der Waals surface area contributed by atoms with Crippen molar-refractivity contribution in [3.8, 4) is 6.07 Å². The first-order valence-corrected chi connectivity index (χ1v) is 8.82. The van der Waals surface area contributed by atoms with Crippen molar-refractivity contribution in [2.24, 2.45) is 0 Å².